The summed E-state index contributed by atoms with van der Waals surface area (Å²) in [5.74, 6) is 0.699. The van der Waals surface area contributed by atoms with E-state index < -0.39 is 0 Å². The van der Waals surface area contributed by atoms with Crippen LogP contribution in [0.3, 0.4) is 0 Å². The molecule has 3 nitrogen and oxygen atoms in total. The molecule has 1 fully saturated rings. The number of aromatic nitrogens is 1. The molecule has 0 radical (unpaired) electrons. The molecule has 1 aromatic heterocycles. The molecular weight excluding hydrogens is 206 g/mol. The molecule has 1 saturated heterocycles. The summed E-state index contributed by atoms with van der Waals surface area (Å²) in [7, 11) is 0. The van der Waals surface area contributed by atoms with Gasteiger partial charge < -0.3 is 10.6 Å². The molecule has 2 rings (SSSR count). The molecule has 84 valence electrons. The van der Waals surface area contributed by atoms with Crippen LogP contribution in [0.1, 0.15) is 34.8 Å². The second-order valence-electron chi connectivity index (χ2n) is 4.01. The standard InChI is InChI=1S/C11H19N3S/c1-3-12-7-10-11(15-8(2)14-10)9-4-5-13-6-9/h9,12-13H,3-7H2,1-2H3/t9-/m0/s1. The van der Waals surface area contributed by atoms with Crippen LogP contribution in [-0.4, -0.2) is 24.6 Å². The van der Waals surface area contributed by atoms with Gasteiger partial charge in [0.05, 0.1) is 10.7 Å². The summed E-state index contributed by atoms with van der Waals surface area (Å²) >= 11 is 1.87. The Hall–Kier alpha value is -0.450. The molecule has 1 atom stereocenters. The molecule has 2 N–H and O–H groups in total. The highest BCUT2D eigenvalue weighted by atomic mass is 32.1. The fraction of sp³-hybridized carbons (Fsp3) is 0.727. The predicted octanol–water partition coefficient (Wildman–Crippen LogP) is 1.64. The second kappa shape index (κ2) is 5.05. The van der Waals surface area contributed by atoms with Gasteiger partial charge in [-0.1, -0.05) is 6.92 Å². The van der Waals surface area contributed by atoms with Crippen molar-refractivity contribution in [1.82, 2.24) is 15.6 Å². The lowest BCUT2D eigenvalue weighted by Gasteiger charge is -2.08. The molecular formula is C11H19N3S. The van der Waals surface area contributed by atoms with Crippen molar-refractivity contribution in [3.05, 3.63) is 15.6 Å². The quantitative estimate of drug-likeness (QED) is 0.818. The molecule has 2 heterocycles. The van der Waals surface area contributed by atoms with Crippen LogP contribution in [0.15, 0.2) is 0 Å². The van der Waals surface area contributed by atoms with Crippen LogP contribution in [0.4, 0.5) is 0 Å². The van der Waals surface area contributed by atoms with Gasteiger partial charge in [-0.15, -0.1) is 11.3 Å². The summed E-state index contributed by atoms with van der Waals surface area (Å²) in [4.78, 5) is 6.12. The lowest BCUT2D eigenvalue weighted by Crippen LogP contribution is -2.15. The van der Waals surface area contributed by atoms with Crippen molar-refractivity contribution in [2.75, 3.05) is 19.6 Å². The van der Waals surface area contributed by atoms with E-state index >= 15 is 0 Å². The summed E-state index contributed by atoms with van der Waals surface area (Å²) < 4.78 is 0. The van der Waals surface area contributed by atoms with E-state index in [0.717, 1.165) is 26.2 Å². The van der Waals surface area contributed by atoms with Crippen molar-refractivity contribution in [2.45, 2.75) is 32.7 Å². The van der Waals surface area contributed by atoms with Crippen LogP contribution < -0.4 is 10.6 Å². The molecule has 0 spiro atoms. The number of hydrogen-bond donors (Lipinski definition) is 2. The smallest absolute Gasteiger partial charge is 0.0900 e. The highest BCUT2D eigenvalue weighted by molar-refractivity contribution is 7.11. The molecule has 1 aliphatic heterocycles. The zero-order valence-corrected chi connectivity index (χ0v) is 10.3. The number of thiazole rings is 1. The highest BCUT2D eigenvalue weighted by Crippen LogP contribution is 2.30. The topological polar surface area (TPSA) is 37.0 Å². The van der Waals surface area contributed by atoms with E-state index in [0.29, 0.717) is 5.92 Å². The Morgan fingerprint density at radius 3 is 3.13 bits per heavy atom. The first kappa shape index (κ1) is 11.0. The first-order chi connectivity index (χ1) is 7.31. The average Bonchev–Trinajstić information content (AvgIpc) is 2.83. The SMILES string of the molecule is CCNCc1nc(C)sc1[C@H]1CCNC1. The molecule has 1 aromatic rings. The van der Waals surface area contributed by atoms with E-state index in [-0.39, 0.29) is 0 Å². The van der Waals surface area contributed by atoms with E-state index in [1.165, 1.54) is 22.0 Å². The number of aryl methyl sites for hydroxylation is 1. The first-order valence-electron chi connectivity index (χ1n) is 5.69. The van der Waals surface area contributed by atoms with E-state index in [2.05, 4.69) is 29.5 Å². The van der Waals surface area contributed by atoms with Gasteiger partial charge in [0.15, 0.2) is 0 Å². The summed E-state index contributed by atoms with van der Waals surface area (Å²) in [5, 5.41) is 7.99. The maximum Gasteiger partial charge on any atom is 0.0900 e. The molecule has 1 aliphatic rings. The third-order valence-electron chi connectivity index (χ3n) is 2.81. The third-order valence-corrected chi connectivity index (χ3v) is 3.98. The van der Waals surface area contributed by atoms with Gasteiger partial charge in [-0.2, -0.15) is 0 Å². The van der Waals surface area contributed by atoms with Crippen LogP contribution >= 0.6 is 11.3 Å². The molecule has 0 aromatic carbocycles. The Labute approximate surface area is 95.3 Å². The maximum absolute atomic E-state index is 4.62. The second-order valence-corrected chi connectivity index (χ2v) is 5.25. The fourth-order valence-electron chi connectivity index (χ4n) is 2.05. The zero-order chi connectivity index (χ0) is 10.7. The number of nitrogens with one attached hydrogen (secondary N) is 2. The Bertz CT molecular complexity index is 316. The van der Waals surface area contributed by atoms with Gasteiger partial charge in [0, 0.05) is 23.9 Å². The van der Waals surface area contributed by atoms with Crippen LogP contribution in [0.2, 0.25) is 0 Å². The van der Waals surface area contributed by atoms with Crippen molar-refractivity contribution in [1.29, 1.82) is 0 Å². The number of nitrogens with zero attached hydrogens (tertiary/aromatic N) is 1. The minimum atomic E-state index is 0.699. The summed E-state index contributed by atoms with van der Waals surface area (Å²) in [6.07, 6.45) is 1.26. The third kappa shape index (κ3) is 2.56. The normalized spacial score (nSPS) is 21.1. The summed E-state index contributed by atoms with van der Waals surface area (Å²) in [6, 6.07) is 0. The minimum absolute atomic E-state index is 0.699. The Morgan fingerprint density at radius 2 is 2.47 bits per heavy atom. The highest BCUT2D eigenvalue weighted by Gasteiger charge is 2.22. The first-order valence-corrected chi connectivity index (χ1v) is 6.50. The molecule has 0 saturated carbocycles. The number of hydrogen-bond acceptors (Lipinski definition) is 4. The van der Waals surface area contributed by atoms with Crippen molar-refractivity contribution < 1.29 is 0 Å². The average molecular weight is 225 g/mol. The van der Waals surface area contributed by atoms with Gasteiger partial charge in [0.2, 0.25) is 0 Å². The van der Waals surface area contributed by atoms with Gasteiger partial charge in [-0.3, -0.25) is 0 Å². The van der Waals surface area contributed by atoms with Crippen LogP contribution in [0.25, 0.3) is 0 Å². The maximum atomic E-state index is 4.62. The zero-order valence-electron chi connectivity index (χ0n) is 9.47. The van der Waals surface area contributed by atoms with Crippen molar-refractivity contribution in [2.24, 2.45) is 0 Å². The van der Waals surface area contributed by atoms with Crippen LogP contribution in [-0.2, 0) is 6.54 Å². The van der Waals surface area contributed by atoms with Crippen LogP contribution in [0.5, 0.6) is 0 Å². The lowest BCUT2D eigenvalue weighted by atomic mass is 10.1. The lowest BCUT2D eigenvalue weighted by molar-refractivity contribution is 0.688. The summed E-state index contributed by atoms with van der Waals surface area (Å²) in [5.41, 5.74) is 1.27. The van der Waals surface area contributed by atoms with Gasteiger partial charge >= 0.3 is 0 Å². The number of rotatable bonds is 4. The minimum Gasteiger partial charge on any atom is -0.316 e. The molecule has 4 heteroatoms. The van der Waals surface area contributed by atoms with Gasteiger partial charge in [-0.05, 0) is 26.4 Å². The predicted molar refractivity (Wildman–Crippen MR) is 64.5 cm³/mol. The molecule has 0 unspecified atom stereocenters. The molecule has 0 amide bonds. The molecule has 0 bridgehead atoms. The van der Waals surface area contributed by atoms with Crippen molar-refractivity contribution in [3.8, 4) is 0 Å². The largest absolute Gasteiger partial charge is 0.316 e. The molecule has 15 heavy (non-hydrogen) atoms. The van der Waals surface area contributed by atoms with E-state index in [1.54, 1.807) is 0 Å². The Morgan fingerprint density at radius 1 is 1.60 bits per heavy atom. The fourth-order valence-corrected chi connectivity index (χ4v) is 3.13. The monoisotopic (exact) mass is 225 g/mol. The summed E-state index contributed by atoms with van der Waals surface area (Å²) in [6.45, 7) is 8.45. The van der Waals surface area contributed by atoms with E-state index in [9.17, 15) is 0 Å². The van der Waals surface area contributed by atoms with E-state index in [1.807, 2.05) is 11.3 Å². The Balaban J connectivity index is 2.13. The van der Waals surface area contributed by atoms with Gasteiger partial charge in [0.1, 0.15) is 0 Å². The molecule has 0 aliphatic carbocycles. The van der Waals surface area contributed by atoms with Crippen LogP contribution in [0, 0.1) is 6.92 Å². The van der Waals surface area contributed by atoms with Crippen molar-refractivity contribution >= 4 is 11.3 Å². The van der Waals surface area contributed by atoms with E-state index in [4.69, 9.17) is 0 Å². The van der Waals surface area contributed by atoms with Crippen molar-refractivity contribution in [3.63, 3.8) is 0 Å². The van der Waals surface area contributed by atoms with Gasteiger partial charge in [0.25, 0.3) is 0 Å². The Kier molecular flexibility index (Phi) is 3.72. The van der Waals surface area contributed by atoms with Gasteiger partial charge in [-0.25, -0.2) is 4.98 Å².